The second-order valence-electron chi connectivity index (χ2n) is 6.91. The van der Waals surface area contributed by atoms with Gasteiger partial charge in [-0.2, -0.15) is 0 Å². The van der Waals surface area contributed by atoms with Crippen LogP contribution in [0.2, 0.25) is 0 Å². The lowest BCUT2D eigenvalue weighted by molar-refractivity contribution is 0.0877. The van der Waals surface area contributed by atoms with E-state index in [0.717, 1.165) is 11.1 Å². The molecule has 2 atom stereocenters. The zero-order valence-corrected chi connectivity index (χ0v) is 16.6. The lowest BCUT2D eigenvalue weighted by Gasteiger charge is -2.24. The van der Waals surface area contributed by atoms with E-state index in [1.54, 1.807) is 5.01 Å². The summed E-state index contributed by atoms with van der Waals surface area (Å²) >= 11 is 0. The van der Waals surface area contributed by atoms with Crippen molar-refractivity contribution < 1.29 is 5.11 Å². The van der Waals surface area contributed by atoms with Crippen LogP contribution in [0.5, 0.6) is 0 Å². The van der Waals surface area contributed by atoms with E-state index < -0.39 is 6.10 Å². The van der Waals surface area contributed by atoms with Crippen LogP contribution in [0.15, 0.2) is 84.9 Å². The van der Waals surface area contributed by atoms with E-state index in [-0.39, 0.29) is 18.4 Å². The highest BCUT2D eigenvalue weighted by molar-refractivity contribution is 5.85. The van der Waals surface area contributed by atoms with E-state index in [9.17, 15) is 5.11 Å². The van der Waals surface area contributed by atoms with Gasteiger partial charge in [-0.05, 0) is 28.7 Å². The van der Waals surface area contributed by atoms with Gasteiger partial charge in [-0.1, -0.05) is 84.9 Å². The molecule has 3 aromatic rings. The number of nitrogens with two attached hydrogens (primary N) is 2. The molecule has 0 spiro atoms. The lowest BCUT2D eigenvalue weighted by atomic mass is 10.0. The van der Waals surface area contributed by atoms with Gasteiger partial charge < -0.3 is 10.8 Å². The van der Waals surface area contributed by atoms with Crippen LogP contribution in [0.4, 0.5) is 0 Å². The van der Waals surface area contributed by atoms with Crippen LogP contribution in [-0.4, -0.2) is 28.8 Å². The lowest BCUT2D eigenvalue weighted by Crippen LogP contribution is -2.46. The summed E-state index contributed by atoms with van der Waals surface area (Å²) in [6, 6.07) is 28.2. The number of aliphatic hydroxyl groups is 1. The summed E-state index contributed by atoms with van der Waals surface area (Å²) < 4.78 is 0. The normalized spacial score (nSPS) is 13.0. The predicted octanol–water partition coefficient (Wildman–Crippen LogP) is 3.38. The van der Waals surface area contributed by atoms with Crippen molar-refractivity contribution in [3.8, 4) is 11.1 Å². The Balaban J connectivity index is 0.00000280. The Labute approximate surface area is 173 Å². The fourth-order valence-electron chi connectivity index (χ4n) is 3.13. The summed E-state index contributed by atoms with van der Waals surface area (Å²) in [7, 11) is 0. The Hall–Kier alpha value is -2.21. The zero-order valence-electron chi connectivity index (χ0n) is 15.8. The summed E-state index contributed by atoms with van der Waals surface area (Å²) in [6.07, 6.45) is -0.0551. The van der Waals surface area contributed by atoms with Gasteiger partial charge in [0.25, 0.3) is 0 Å². The van der Waals surface area contributed by atoms with Crippen molar-refractivity contribution in [2.75, 3.05) is 6.54 Å². The van der Waals surface area contributed by atoms with Gasteiger partial charge >= 0.3 is 0 Å². The van der Waals surface area contributed by atoms with Crippen LogP contribution < -0.4 is 11.6 Å². The standard InChI is InChI=1S/C23H27N3O.ClH/c24-22(15-18-7-3-1-4-8-18)23(27)17-26(25)16-19-11-13-21(14-12-19)20-9-5-2-6-10-20;/h1-14,22-23,27H,15-17,24-25H2;1H. The highest BCUT2D eigenvalue weighted by Crippen LogP contribution is 2.19. The fourth-order valence-corrected chi connectivity index (χ4v) is 3.13. The maximum Gasteiger partial charge on any atom is 0.0835 e. The van der Waals surface area contributed by atoms with Crippen molar-refractivity contribution >= 4 is 12.4 Å². The Morgan fingerprint density at radius 2 is 1.29 bits per heavy atom. The average Bonchev–Trinajstić information content (AvgIpc) is 2.70. The third kappa shape index (κ3) is 6.44. The van der Waals surface area contributed by atoms with Gasteiger partial charge in [0.05, 0.1) is 6.10 Å². The second-order valence-corrected chi connectivity index (χ2v) is 6.91. The van der Waals surface area contributed by atoms with Crippen molar-refractivity contribution in [2.45, 2.75) is 25.1 Å². The van der Waals surface area contributed by atoms with Crippen LogP contribution in [0, 0.1) is 0 Å². The van der Waals surface area contributed by atoms with Gasteiger partial charge in [0, 0.05) is 19.1 Å². The third-order valence-corrected chi connectivity index (χ3v) is 4.68. The number of nitrogens with zero attached hydrogens (tertiary/aromatic N) is 1. The summed E-state index contributed by atoms with van der Waals surface area (Å²) in [4.78, 5) is 0. The van der Waals surface area contributed by atoms with E-state index in [0.29, 0.717) is 19.5 Å². The van der Waals surface area contributed by atoms with E-state index in [1.807, 2.05) is 48.5 Å². The number of halogens is 1. The fraction of sp³-hybridized carbons (Fsp3) is 0.217. The molecule has 3 aromatic carbocycles. The Kier molecular flexibility index (Phi) is 8.64. The number of benzene rings is 3. The van der Waals surface area contributed by atoms with Crippen molar-refractivity contribution in [3.05, 3.63) is 96.1 Å². The summed E-state index contributed by atoms with van der Waals surface area (Å²) in [5.74, 6) is 6.10. The maximum atomic E-state index is 10.4. The van der Waals surface area contributed by atoms with Gasteiger partial charge in [-0.15, -0.1) is 12.4 Å². The quantitative estimate of drug-likeness (QED) is 0.402. The first kappa shape index (κ1) is 22.1. The SMILES string of the molecule is Cl.NC(Cc1ccccc1)C(O)CN(N)Cc1ccc(-c2ccccc2)cc1. The van der Waals surface area contributed by atoms with Gasteiger partial charge in [0.1, 0.15) is 0 Å². The molecular weight excluding hydrogens is 370 g/mol. The molecule has 0 fully saturated rings. The molecule has 4 nitrogen and oxygen atoms in total. The highest BCUT2D eigenvalue weighted by atomic mass is 35.5. The number of hydrogen-bond donors (Lipinski definition) is 3. The molecule has 0 aromatic heterocycles. The molecule has 2 unspecified atom stereocenters. The Morgan fingerprint density at radius 3 is 1.89 bits per heavy atom. The van der Waals surface area contributed by atoms with Crippen molar-refractivity contribution in [2.24, 2.45) is 11.6 Å². The van der Waals surface area contributed by atoms with Gasteiger partial charge in [0.2, 0.25) is 0 Å². The topological polar surface area (TPSA) is 75.5 Å². The minimum absolute atomic E-state index is 0. The first-order valence-corrected chi connectivity index (χ1v) is 9.23. The molecule has 0 saturated heterocycles. The molecule has 0 amide bonds. The van der Waals surface area contributed by atoms with E-state index in [1.165, 1.54) is 11.1 Å². The molecular formula is C23H28ClN3O. The molecule has 5 heteroatoms. The van der Waals surface area contributed by atoms with E-state index in [2.05, 4.69) is 36.4 Å². The summed E-state index contributed by atoms with van der Waals surface area (Å²) in [5, 5.41) is 12.0. The van der Waals surface area contributed by atoms with Crippen LogP contribution >= 0.6 is 12.4 Å². The molecule has 148 valence electrons. The van der Waals surface area contributed by atoms with Crippen molar-refractivity contribution in [1.82, 2.24) is 5.01 Å². The largest absolute Gasteiger partial charge is 0.390 e. The molecule has 0 aliphatic heterocycles. The molecule has 0 radical (unpaired) electrons. The van der Waals surface area contributed by atoms with Crippen molar-refractivity contribution in [3.63, 3.8) is 0 Å². The molecule has 0 heterocycles. The minimum Gasteiger partial charge on any atom is -0.390 e. The molecule has 0 saturated carbocycles. The van der Waals surface area contributed by atoms with Crippen LogP contribution in [0.3, 0.4) is 0 Å². The number of hydrogen-bond acceptors (Lipinski definition) is 4. The van der Waals surface area contributed by atoms with Crippen LogP contribution in [0.25, 0.3) is 11.1 Å². The van der Waals surface area contributed by atoms with Crippen LogP contribution in [-0.2, 0) is 13.0 Å². The van der Waals surface area contributed by atoms with Crippen LogP contribution in [0.1, 0.15) is 11.1 Å². The molecule has 0 bridgehead atoms. The number of aliphatic hydroxyl groups excluding tert-OH is 1. The molecule has 3 rings (SSSR count). The smallest absolute Gasteiger partial charge is 0.0835 e. The first-order valence-electron chi connectivity index (χ1n) is 9.23. The van der Waals surface area contributed by atoms with Gasteiger partial charge in [-0.3, -0.25) is 5.84 Å². The Bertz CT molecular complexity index is 812. The van der Waals surface area contributed by atoms with Crippen molar-refractivity contribution in [1.29, 1.82) is 0 Å². The van der Waals surface area contributed by atoms with Gasteiger partial charge in [0.15, 0.2) is 0 Å². The molecule has 28 heavy (non-hydrogen) atoms. The molecule has 0 aliphatic carbocycles. The van der Waals surface area contributed by atoms with E-state index >= 15 is 0 Å². The summed E-state index contributed by atoms with van der Waals surface area (Å²) in [5.41, 5.74) is 10.7. The monoisotopic (exact) mass is 397 g/mol. The van der Waals surface area contributed by atoms with Gasteiger partial charge in [-0.25, -0.2) is 5.01 Å². The minimum atomic E-state index is -0.682. The highest BCUT2D eigenvalue weighted by Gasteiger charge is 2.17. The number of hydrazine groups is 1. The Morgan fingerprint density at radius 1 is 0.750 bits per heavy atom. The first-order chi connectivity index (χ1) is 13.1. The average molecular weight is 398 g/mol. The van der Waals surface area contributed by atoms with E-state index in [4.69, 9.17) is 11.6 Å². The third-order valence-electron chi connectivity index (χ3n) is 4.68. The predicted molar refractivity (Wildman–Crippen MR) is 118 cm³/mol. The number of rotatable bonds is 8. The molecule has 5 N–H and O–H groups in total. The maximum absolute atomic E-state index is 10.4. The molecule has 0 aliphatic rings. The second kappa shape index (κ2) is 11.0. The zero-order chi connectivity index (χ0) is 19.1. The summed E-state index contributed by atoms with van der Waals surface area (Å²) in [6.45, 7) is 0.888.